The Hall–Kier alpha value is -2.31. The van der Waals surface area contributed by atoms with E-state index in [2.05, 4.69) is 4.98 Å². The number of carbonyl (C=O) groups is 2. The first-order valence-electron chi connectivity index (χ1n) is 9.97. The van der Waals surface area contributed by atoms with Crippen molar-refractivity contribution in [2.45, 2.75) is 51.6 Å². The minimum absolute atomic E-state index is 0.0752. The third kappa shape index (κ3) is 5.34. The molecule has 148 valence electrons. The highest BCUT2D eigenvalue weighted by molar-refractivity contribution is 5.87. The number of ether oxygens (including phenoxy) is 2. The van der Waals surface area contributed by atoms with Crippen molar-refractivity contribution in [1.82, 2.24) is 9.88 Å². The zero-order valence-electron chi connectivity index (χ0n) is 16.0. The second-order valence-corrected chi connectivity index (χ2v) is 7.25. The highest BCUT2D eigenvalue weighted by Crippen LogP contribution is 2.27. The standard InChI is InChI=1S/C20H29N3O4/c1-2-23(17-6-5-11-21-14-17)20(25)27-18-9-7-16(8-10-18)15-26-19(24)22-12-3-4-13-22/h5-6,11,14,16,18H,2-4,7-10,12-13,15H2,1H3. The molecule has 2 aliphatic rings. The van der Waals surface area contributed by atoms with Gasteiger partial charge in [0.25, 0.3) is 0 Å². The first-order valence-corrected chi connectivity index (χ1v) is 9.97. The molecule has 27 heavy (non-hydrogen) atoms. The molecule has 7 nitrogen and oxygen atoms in total. The third-order valence-corrected chi connectivity index (χ3v) is 5.36. The van der Waals surface area contributed by atoms with Crippen LogP contribution in [0.1, 0.15) is 45.4 Å². The van der Waals surface area contributed by atoms with Gasteiger partial charge in [-0.2, -0.15) is 0 Å². The second-order valence-electron chi connectivity index (χ2n) is 7.25. The molecule has 0 radical (unpaired) electrons. The van der Waals surface area contributed by atoms with Gasteiger partial charge in [-0.15, -0.1) is 0 Å². The minimum Gasteiger partial charge on any atom is -0.449 e. The van der Waals surface area contributed by atoms with E-state index in [9.17, 15) is 9.59 Å². The molecular weight excluding hydrogens is 346 g/mol. The zero-order chi connectivity index (χ0) is 19.1. The highest BCUT2D eigenvalue weighted by Gasteiger charge is 2.28. The molecule has 2 amide bonds. The van der Waals surface area contributed by atoms with Gasteiger partial charge in [0.05, 0.1) is 18.5 Å². The maximum Gasteiger partial charge on any atom is 0.414 e. The van der Waals surface area contributed by atoms with Crippen LogP contribution in [0.2, 0.25) is 0 Å². The molecule has 0 atom stereocenters. The molecule has 2 fully saturated rings. The number of carbonyl (C=O) groups excluding carboxylic acids is 2. The molecule has 2 heterocycles. The average molecular weight is 375 g/mol. The molecule has 0 unspecified atom stereocenters. The van der Waals surface area contributed by atoms with Crippen LogP contribution in [0.5, 0.6) is 0 Å². The number of anilines is 1. The predicted octanol–water partition coefficient (Wildman–Crippen LogP) is 3.84. The van der Waals surface area contributed by atoms with E-state index >= 15 is 0 Å². The van der Waals surface area contributed by atoms with Crippen molar-refractivity contribution in [3.8, 4) is 0 Å². The Balaban J connectivity index is 1.39. The average Bonchev–Trinajstić information content (AvgIpc) is 3.23. The van der Waals surface area contributed by atoms with Crippen molar-refractivity contribution in [3.63, 3.8) is 0 Å². The lowest BCUT2D eigenvalue weighted by molar-refractivity contribution is 0.0473. The Morgan fingerprint density at radius 3 is 2.59 bits per heavy atom. The molecule has 0 spiro atoms. The van der Waals surface area contributed by atoms with Gasteiger partial charge in [0.1, 0.15) is 6.10 Å². The highest BCUT2D eigenvalue weighted by atomic mass is 16.6. The van der Waals surface area contributed by atoms with Crippen LogP contribution in [0.25, 0.3) is 0 Å². The molecule has 0 bridgehead atoms. The fraction of sp³-hybridized carbons (Fsp3) is 0.650. The summed E-state index contributed by atoms with van der Waals surface area (Å²) in [5, 5.41) is 0. The van der Waals surface area contributed by atoms with Crippen molar-refractivity contribution in [1.29, 1.82) is 0 Å². The zero-order valence-corrected chi connectivity index (χ0v) is 16.0. The van der Waals surface area contributed by atoms with Gasteiger partial charge in [-0.1, -0.05) is 0 Å². The van der Waals surface area contributed by atoms with E-state index in [-0.39, 0.29) is 18.3 Å². The number of pyridine rings is 1. The summed E-state index contributed by atoms with van der Waals surface area (Å²) in [7, 11) is 0. The van der Waals surface area contributed by atoms with Crippen LogP contribution in [0.15, 0.2) is 24.5 Å². The normalized spacial score (nSPS) is 22.3. The molecule has 1 aromatic rings. The summed E-state index contributed by atoms with van der Waals surface area (Å²) in [6.07, 6.45) is 8.33. The van der Waals surface area contributed by atoms with Gasteiger partial charge in [-0.25, -0.2) is 9.59 Å². The summed E-state index contributed by atoms with van der Waals surface area (Å²) in [5.74, 6) is 0.354. The molecule has 1 saturated carbocycles. The Morgan fingerprint density at radius 2 is 1.96 bits per heavy atom. The maximum absolute atomic E-state index is 12.5. The second kappa shape index (κ2) is 9.58. The van der Waals surface area contributed by atoms with Crippen molar-refractivity contribution in [2.75, 3.05) is 31.1 Å². The topological polar surface area (TPSA) is 72.0 Å². The van der Waals surface area contributed by atoms with Crippen molar-refractivity contribution >= 4 is 17.9 Å². The van der Waals surface area contributed by atoms with Gasteiger partial charge in [0, 0.05) is 25.8 Å². The monoisotopic (exact) mass is 375 g/mol. The van der Waals surface area contributed by atoms with Gasteiger partial charge in [-0.3, -0.25) is 9.88 Å². The summed E-state index contributed by atoms with van der Waals surface area (Å²) >= 11 is 0. The van der Waals surface area contributed by atoms with Crippen LogP contribution >= 0.6 is 0 Å². The van der Waals surface area contributed by atoms with Gasteiger partial charge >= 0.3 is 12.2 Å². The molecule has 1 aromatic heterocycles. The summed E-state index contributed by atoms with van der Waals surface area (Å²) in [5.41, 5.74) is 0.743. The van der Waals surface area contributed by atoms with E-state index in [1.165, 1.54) is 0 Å². The lowest BCUT2D eigenvalue weighted by atomic mass is 9.88. The fourth-order valence-electron chi connectivity index (χ4n) is 3.73. The van der Waals surface area contributed by atoms with Crippen LogP contribution in [0, 0.1) is 5.92 Å². The van der Waals surface area contributed by atoms with E-state index in [1.807, 2.05) is 13.0 Å². The molecule has 1 saturated heterocycles. The minimum atomic E-state index is -0.325. The Labute approximate surface area is 160 Å². The Morgan fingerprint density at radius 1 is 1.22 bits per heavy atom. The van der Waals surface area contributed by atoms with Crippen LogP contribution in [0.3, 0.4) is 0 Å². The quantitative estimate of drug-likeness (QED) is 0.782. The SMILES string of the molecule is CCN(C(=O)OC1CCC(COC(=O)N2CCCC2)CC1)c1cccnc1. The fourth-order valence-corrected chi connectivity index (χ4v) is 3.73. The van der Waals surface area contributed by atoms with Crippen LogP contribution < -0.4 is 4.90 Å². The smallest absolute Gasteiger partial charge is 0.414 e. The summed E-state index contributed by atoms with van der Waals surface area (Å²) in [6, 6.07) is 3.66. The summed E-state index contributed by atoms with van der Waals surface area (Å²) in [4.78, 5) is 31.9. The van der Waals surface area contributed by atoms with E-state index in [1.54, 1.807) is 28.3 Å². The first kappa shape index (κ1) is 19.5. The third-order valence-electron chi connectivity index (χ3n) is 5.36. The van der Waals surface area contributed by atoms with Crippen molar-refractivity contribution in [2.24, 2.45) is 5.92 Å². The van der Waals surface area contributed by atoms with Gasteiger partial charge < -0.3 is 14.4 Å². The Bertz CT molecular complexity index is 611. The molecular formula is C20H29N3O4. The molecule has 1 aliphatic heterocycles. The predicted molar refractivity (Wildman–Crippen MR) is 102 cm³/mol. The number of likely N-dealkylation sites (tertiary alicyclic amines) is 1. The lowest BCUT2D eigenvalue weighted by Crippen LogP contribution is -2.36. The summed E-state index contributed by atoms with van der Waals surface area (Å²) < 4.78 is 11.2. The summed E-state index contributed by atoms with van der Waals surface area (Å²) in [6.45, 7) is 4.54. The number of amides is 2. The van der Waals surface area contributed by atoms with Gasteiger partial charge in [0.15, 0.2) is 0 Å². The van der Waals surface area contributed by atoms with Gasteiger partial charge in [0.2, 0.25) is 0 Å². The largest absolute Gasteiger partial charge is 0.449 e. The molecule has 1 aliphatic carbocycles. The van der Waals surface area contributed by atoms with Gasteiger partial charge in [-0.05, 0) is 63.5 Å². The van der Waals surface area contributed by atoms with E-state index < -0.39 is 0 Å². The van der Waals surface area contributed by atoms with E-state index in [0.717, 1.165) is 57.3 Å². The number of nitrogens with zero attached hydrogens (tertiary/aromatic N) is 3. The van der Waals surface area contributed by atoms with Crippen molar-refractivity contribution in [3.05, 3.63) is 24.5 Å². The molecule has 0 N–H and O–H groups in total. The molecule has 7 heteroatoms. The van der Waals surface area contributed by atoms with Crippen molar-refractivity contribution < 1.29 is 19.1 Å². The number of hydrogen-bond acceptors (Lipinski definition) is 5. The van der Waals surface area contributed by atoms with Crippen LogP contribution in [-0.4, -0.2) is 54.4 Å². The van der Waals surface area contributed by atoms with E-state index in [4.69, 9.17) is 9.47 Å². The van der Waals surface area contributed by atoms with Crippen LogP contribution in [-0.2, 0) is 9.47 Å². The van der Waals surface area contributed by atoms with E-state index in [0.29, 0.717) is 19.1 Å². The number of aromatic nitrogens is 1. The molecule has 3 rings (SSSR count). The number of hydrogen-bond donors (Lipinski definition) is 0. The maximum atomic E-state index is 12.5. The molecule has 0 aromatic carbocycles. The first-order chi connectivity index (χ1) is 13.2. The number of rotatable bonds is 5. The Kier molecular flexibility index (Phi) is 6.90. The van der Waals surface area contributed by atoms with Crippen LogP contribution in [0.4, 0.5) is 15.3 Å². The lowest BCUT2D eigenvalue weighted by Gasteiger charge is -2.30.